The highest BCUT2D eigenvalue weighted by Gasteiger charge is 2.30. The molecule has 27 heavy (non-hydrogen) atoms. The SMILES string of the molecule is CCN1CCCC[C@H]1c1cccnc1N1CCN(C(=O)OC(C)(C)C)CC1. The van der Waals surface area contributed by atoms with Gasteiger partial charge in [0.05, 0.1) is 0 Å². The Morgan fingerprint density at radius 1 is 1.19 bits per heavy atom. The van der Waals surface area contributed by atoms with Crippen molar-refractivity contribution in [2.45, 2.75) is 58.6 Å². The molecule has 0 spiro atoms. The third-order valence-corrected chi connectivity index (χ3v) is 5.43. The summed E-state index contributed by atoms with van der Waals surface area (Å²) in [5.74, 6) is 1.09. The summed E-state index contributed by atoms with van der Waals surface area (Å²) in [7, 11) is 0. The fraction of sp³-hybridized carbons (Fsp3) is 0.714. The second-order valence-corrected chi connectivity index (χ2v) is 8.51. The zero-order valence-electron chi connectivity index (χ0n) is 17.3. The van der Waals surface area contributed by atoms with Gasteiger partial charge in [-0.3, -0.25) is 4.90 Å². The molecule has 0 bridgehead atoms. The Kier molecular flexibility index (Phi) is 6.25. The highest BCUT2D eigenvalue weighted by atomic mass is 16.6. The van der Waals surface area contributed by atoms with E-state index in [0.717, 1.165) is 25.5 Å². The van der Waals surface area contributed by atoms with Gasteiger partial charge >= 0.3 is 6.09 Å². The average Bonchev–Trinajstić information content (AvgIpc) is 2.67. The van der Waals surface area contributed by atoms with Gasteiger partial charge in [0.2, 0.25) is 0 Å². The van der Waals surface area contributed by atoms with Crippen LogP contribution >= 0.6 is 0 Å². The molecule has 2 aliphatic rings. The van der Waals surface area contributed by atoms with E-state index in [2.05, 4.69) is 28.9 Å². The van der Waals surface area contributed by atoms with E-state index in [-0.39, 0.29) is 6.09 Å². The van der Waals surface area contributed by atoms with Crippen LogP contribution in [0.2, 0.25) is 0 Å². The minimum atomic E-state index is -0.451. The number of amides is 1. The van der Waals surface area contributed by atoms with Crippen molar-refractivity contribution in [1.29, 1.82) is 0 Å². The van der Waals surface area contributed by atoms with Gasteiger partial charge in [0, 0.05) is 44.0 Å². The number of piperidine rings is 1. The molecule has 0 aromatic carbocycles. The molecule has 0 unspecified atom stereocenters. The van der Waals surface area contributed by atoms with Crippen LogP contribution < -0.4 is 4.90 Å². The Balaban J connectivity index is 1.69. The number of pyridine rings is 1. The van der Waals surface area contributed by atoms with Gasteiger partial charge in [0.25, 0.3) is 0 Å². The zero-order valence-corrected chi connectivity index (χ0v) is 17.3. The number of nitrogens with zero attached hydrogens (tertiary/aromatic N) is 4. The highest BCUT2D eigenvalue weighted by molar-refractivity contribution is 5.68. The van der Waals surface area contributed by atoms with Crippen molar-refractivity contribution in [1.82, 2.24) is 14.8 Å². The van der Waals surface area contributed by atoms with Crippen molar-refractivity contribution < 1.29 is 9.53 Å². The van der Waals surface area contributed by atoms with Crippen LogP contribution in [0.25, 0.3) is 0 Å². The highest BCUT2D eigenvalue weighted by Crippen LogP contribution is 2.35. The molecule has 1 aromatic rings. The monoisotopic (exact) mass is 374 g/mol. The first-order valence-corrected chi connectivity index (χ1v) is 10.3. The Hall–Kier alpha value is -1.82. The van der Waals surface area contributed by atoms with E-state index in [1.54, 1.807) is 0 Å². The Morgan fingerprint density at radius 2 is 1.93 bits per heavy atom. The molecule has 2 aliphatic heterocycles. The molecule has 3 heterocycles. The van der Waals surface area contributed by atoms with E-state index >= 15 is 0 Å². The lowest BCUT2D eigenvalue weighted by Crippen LogP contribution is -2.50. The molecule has 150 valence electrons. The Morgan fingerprint density at radius 3 is 2.59 bits per heavy atom. The molecule has 0 radical (unpaired) electrons. The van der Waals surface area contributed by atoms with Crippen molar-refractivity contribution in [3.8, 4) is 0 Å². The molecule has 0 saturated carbocycles. The number of likely N-dealkylation sites (tertiary alicyclic amines) is 1. The van der Waals surface area contributed by atoms with Gasteiger partial charge in [-0.1, -0.05) is 19.4 Å². The molecule has 3 rings (SSSR count). The number of anilines is 1. The van der Waals surface area contributed by atoms with Crippen molar-refractivity contribution >= 4 is 11.9 Å². The molecule has 1 atom stereocenters. The van der Waals surface area contributed by atoms with Crippen molar-refractivity contribution in [3.63, 3.8) is 0 Å². The van der Waals surface area contributed by atoms with Crippen molar-refractivity contribution in [3.05, 3.63) is 23.9 Å². The largest absolute Gasteiger partial charge is 0.444 e. The van der Waals surface area contributed by atoms with Crippen LogP contribution in [0.3, 0.4) is 0 Å². The quantitative estimate of drug-likeness (QED) is 0.808. The molecule has 0 aliphatic carbocycles. The molecule has 0 N–H and O–H groups in total. The third kappa shape index (κ3) is 4.92. The Bertz CT molecular complexity index is 635. The summed E-state index contributed by atoms with van der Waals surface area (Å²) in [6, 6.07) is 4.75. The summed E-state index contributed by atoms with van der Waals surface area (Å²) in [4.78, 5) is 23.8. The lowest BCUT2D eigenvalue weighted by molar-refractivity contribution is 0.0240. The molecular weight excluding hydrogens is 340 g/mol. The van der Waals surface area contributed by atoms with E-state index < -0.39 is 5.60 Å². The summed E-state index contributed by atoms with van der Waals surface area (Å²) in [5, 5.41) is 0. The van der Waals surface area contributed by atoms with Gasteiger partial charge < -0.3 is 14.5 Å². The van der Waals surface area contributed by atoms with E-state index in [4.69, 9.17) is 9.72 Å². The minimum absolute atomic E-state index is 0.215. The van der Waals surface area contributed by atoms with Crippen LogP contribution in [-0.4, -0.2) is 65.7 Å². The van der Waals surface area contributed by atoms with Gasteiger partial charge in [-0.2, -0.15) is 0 Å². The van der Waals surface area contributed by atoms with Crippen LogP contribution in [-0.2, 0) is 4.74 Å². The summed E-state index contributed by atoms with van der Waals surface area (Å²) >= 11 is 0. The van der Waals surface area contributed by atoms with Gasteiger partial charge in [-0.15, -0.1) is 0 Å². The van der Waals surface area contributed by atoms with Crippen LogP contribution in [0.5, 0.6) is 0 Å². The van der Waals surface area contributed by atoms with Crippen LogP contribution in [0, 0.1) is 0 Å². The summed E-state index contributed by atoms with van der Waals surface area (Å²) < 4.78 is 5.51. The number of rotatable bonds is 3. The predicted molar refractivity (Wildman–Crippen MR) is 108 cm³/mol. The van der Waals surface area contributed by atoms with Gasteiger partial charge in [0.15, 0.2) is 0 Å². The number of piperazine rings is 1. The molecule has 1 amide bonds. The first kappa shape index (κ1) is 19.9. The maximum atomic E-state index is 12.3. The van der Waals surface area contributed by atoms with E-state index in [1.807, 2.05) is 31.9 Å². The van der Waals surface area contributed by atoms with Crippen LogP contribution in [0.15, 0.2) is 18.3 Å². The number of hydrogen-bond donors (Lipinski definition) is 0. The topological polar surface area (TPSA) is 48.9 Å². The minimum Gasteiger partial charge on any atom is -0.444 e. The van der Waals surface area contributed by atoms with Crippen molar-refractivity contribution in [2.24, 2.45) is 0 Å². The number of hydrogen-bond acceptors (Lipinski definition) is 5. The first-order valence-electron chi connectivity index (χ1n) is 10.3. The molecule has 2 saturated heterocycles. The lowest BCUT2D eigenvalue weighted by Gasteiger charge is -2.40. The predicted octanol–water partition coefficient (Wildman–Crippen LogP) is 3.69. The Labute approximate surface area is 163 Å². The van der Waals surface area contributed by atoms with Crippen LogP contribution in [0.1, 0.15) is 58.6 Å². The van der Waals surface area contributed by atoms with Gasteiger partial charge in [-0.05, 0) is 52.8 Å². The zero-order chi connectivity index (χ0) is 19.4. The lowest BCUT2D eigenvalue weighted by atomic mass is 9.95. The smallest absolute Gasteiger partial charge is 0.410 e. The van der Waals surface area contributed by atoms with Gasteiger partial charge in [0.1, 0.15) is 11.4 Å². The standard InChI is InChI=1S/C21H34N4O2/c1-5-23-12-7-6-10-18(23)17-9-8-11-22-19(17)24-13-15-25(16-14-24)20(26)27-21(2,3)4/h8-9,11,18H,5-7,10,12-16H2,1-4H3/t18-/m0/s1. The van der Waals surface area contributed by atoms with Gasteiger partial charge in [-0.25, -0.2) is 9.78 Å². The van der Waals surface area contributed by atoms with E-state index in [1.165, 1.54) is 31.4 Å². The van der Waals surface area contributed by atoms with Crippen LogP contribution in [0.4, 0.5) is 10.6 Å². The van der Waals surface area contributed by atoms with Crippen molar-refractivity contribution in [2.75, 3.05) is 44.2 Å². The van der Waals surface area contributed by atoms with E-state index in [0.29, 0.717) is 19.1 Å². The second kappa shape index (κ2) is 8.46. The summed E-state index contributed by atoms with van der Waals surface area (Å²) in [5.41, 5.74) is 0.886. The molecular formula is C21H34N4O2. The second-order valence-electron chi connectivity index (χ2n) is 8.51. The normalized spacial score (nSPS) is 22.0. The molecule has 1 aromatic heterocycles. The third-order valence-electron chi connectivity index (χ3n) is 5.43. The average molecular weight is 375 g/mol. The first-order chi connectivity index (χ1) is 12.9. The van der Waals surface area contributed by atoms with E-state index in [9.17, 15) is 4.79 Å². The number of carbonyl (C=O) groups excluding carboxylic acids is 1. The molecule has 2 fully saturated rings. The fourth-order valence-corrected chi connectivity index (χ4v) is 4.08. The maximum absolute atomic E-state index is 12.3. The number of carbonyl (C=O) groups is 1. The summed E-state index contributed by atoms with van der Waals surface area (Å²) in [6.45, 7) is 13.1. The fourth-order valence-electron chi connectivity index (χ4n) is 4.08. The molecule has 6 heteroatoms. The maximum Gasteiger partial charge on any atom is 0.410 e. The number of aromatic nitrogens is 1. The summed E-state index contributed by atoms with van der Waals surface area (Å²) in [6.07, 6.45) is 5.44. The number of ether oxygens (including phenoxy) is 1. The molecule has 6 nitrogen and oxygen atoms in total.